The highest BCUT2D eigenvalue weighted by molar-refractivity contribution is 7.16. The second-order valence-electron chi connectivity index (χ2n) is 3.82. The van der Waals surface area contributed by atoms with E-state index in [4.69, 9.17) is 4.74 Å². The number of thiophene rings is 1. The number of rotatable bonds is 5. The number of hydrogen-bond donors (Lipinski definition) is 2. The minimum atomic E-state index is -0.448. The number of aromatic nitrogens is 3. The van der Waals surface area contributed by atoms with Crippen LogP contribution in [-0.4, -0.2) is 33.7 Å². The standard InChI is InChI=1S/C12H14N4O3S/c1-3-7-5-8(12(18)19-4-2)11(20-7)15-10(17)9-13-6-14-16-9/h5-6H,3-4H2,1-2H3,(H,15,17)(H,13,14,16). The molecule has 0 spiro atoms. The second kappa shape index (κ2) is 6.29. The maximum Gasteiger partial charge on any atom is 0.341 e. The van der Waals surface area contributed by atoms with Crippen LogP contribution in [0.1, 0.15) is 39.7 Å². The molecule has 7 nitrogen and oxygen atoms in total. The van der Waals surface area contributed by atoms with Crippen molar-refractivity contribution in [2.75, 3.05) is 11.9 Å². The zero-order valence-electron chi connectivity index (χ0n) is 11.1. The van der Waals surface area contributed by atoms with Crippen molar-refractivity contribution >= 4 is 28.2 Å². The summed E-state index contributed by atoms with van der Waals surface area (Å²) in [5.74, 6) is -0.805. The Bertz CT molecular complexity index is 606. The van der Waals surface area contributed by atoms with Gasteiger partial charge < -0.3 is 10.1 Å². The fourth-order valence-corrected chi connectivity index (χ4v) is 2.53. The van der Waals surface area contributed by atoms with Gasteiger partial charge in [0.15, 0.2) is 0 Å². The van der Waals surface area contributed by atoms with E-state index >= 15 is 0 Å². The lowest BCUT2D eigenvalue weighted by atomic mass is 10.2. The summed E-state index contributed by atoms with van der Waals surface area (Å²) in [6.45, 7) is 3.99. The van der Waals surface area contributed by atoms with Gasteiger partial charge in [-0.15, -0.1) is 11.3 Å². The summed E-state index contributed by atoms with van der Waals surface area (Å²) in [6.07, 6.45) is 2.02. The highest BCUT2D eigenvalue weighted by atomic mass is 32.1. The van der Waals surface area contributed by atoms with Crippen molar-refractivity contribution in [3.8, 4) is 0 Å². The van der Waals surface area contributed by atoms with E-state index in [0.717, 1.165) is 11.3 Å². The zero-order valence-corrected chi connectivity index (χ0v) is 11.9. The van der Waals surface area contributed by atoms with E-state index in [2.05, 4.69) is 20.5 Å². The Labute approximate surface area is 119 Å². The van der Waals surface area contributed by atoms with Crippen molar-refractivity contribution in [3.63, 3.8) is 0 Å². The van der Waals surface area contributed by atoms with Gasteiger partial charge in [-0.2, -0.15) is 5.10 Å². The molecule has 0 aliphatic carbocycles. The van der Waals surface area contributed by atoms with Crippen molar-refractivity contribution in [1.82, 2.24) is 15.2 Å². The first kappa shape index (κ1) is 14.2. The van der Waals surface area contributed by atoms with Crippen LogP contribution in [0.2, 0.25) is 0 Å². The molecule has 0 fully saturated rings. The molecule has 106 valence electrons. The van der Waals surface area contributed by atoms with Gasteiger partial charge in [0.05, 0.1) is 12.2 Å². The molecular formula is C12H14N4O3S. The number of nitrogens with one attached hydrogen (secondary N) is 2. The number of H-pyrrole nitrogens is 1. The van der Waals surface area contributed by atoms with Crippen LogP contribution in [0, 0.1) is 0 Å². The molecule has 0 aromatic carbocycles. The average molecular weight is 294 g/mol. The maximum atomic E-state index is 11.9. The maximum absolute atomic E-state index is 11.9. The van der Waals surface area contributed by atoms with Crippen LogP contribution in [0.25, 0.3) is 0 Å². The molecule has 0 unspecified atom stereocenters. The van der Waals surface area contributed by atoms with Crippen molar-refractivity contribution in [2.45, 2.75) is 20.3 Å². The Morgan fingerprint density at radius 3 is 2.85 bits per heavy atom. The summed E-state index contributed by atoms with van der Waals surface area (Å²) in [5, 5.41) is 9.19. The minimum Gasteiger partial charge on any atom is -0.462 e. The Morgan fingerprint density at radius 1 is 1.45 bits per heavy atom. The number of aromatic amines is 1. The molecule has 0 bridgehead atoms. The highest BCUT2D eigenvalue weighted by Crippen LogP contribution is 2.29. The normalized spacial score (nSPS) is 10.3. The van der Waals surface area contributed by atoms with Crippen LogP contribution < -0.4 is 5.32 Å². The molecule has 0 radical (unpaired) electrons. The Hall–Kier alpha value is -2.22. The van der Waals surface area contributed by atoms with Crippen molar-refractivity contribution in [3.05, 3.63) is 28.7 Å². The number of carbonyl (C=O) groups excluding carboxylic acids is 2. The first-order chi connectivity index (χ1) is 9.65. The van der Waals surface area contributed by atoms with E-state index in [1.807, 2.05) is 6.92 Å². The predicted molar refractivity (Wildman–Crippen MR) is 74.0 cm³/mol. The summed E-state index contributed by atoms with van der Waals surface area (Å²) in [5.41, 5.74) is 0.363. The minimum absolute atomic E-state index is 0.0891. The molecule has 1 amide bonds. The number of amides is 1. The van der Waals surface area contributed by atoms with E-state index in [1.54, 1.807) is 13.0 Å². The first-order valence-corrected chi connectivity index (χ1v) is 6.93. The van der Waals surface area contributed by atoms with Gasteiger partial charge >= 0.3 is 5.97 Å². The molecule has 2 N–H and O–H groups in total. The molecule has 2 heterocycles. The fourth-order valence-electron chi connectivity index (χ4n) is 1.55. The van der Waals surface area contributed by atoms with E-state index in [0.29, 0.717) is 10.6 Å². The van der Waals surface area contributed by atoms with Crippen molar-refractivity contribution in [2.24, 2.45) is 0 Å². The molecular weight excluding hydrogens is 280 g/mol. The lowest BCUT2D eigenvalue weighted by Crippen LogP contribution is -2.15. The summed E-state index contributed by atoms with van der Waals surface area (Å²) in [7, 11) is 0. The van der Waals surface area contributed by atoms with Crippen LogP contribution in [0.3, 0.4) is 0 Å². The molecule has 2 rings (SSSR count). The molecule has 2 aromatic heterocycles. The SMILES string of the molecule is CCOC(=O)c1cc(CC)sc1NC(=O)c1ncn[nH]1. The summed E-state index contributed by atoms with van der Waals surface area (Å²) in [4.78, 5) is 28.5. The number of aryl methyl sites for hydroxylation is 1. The van der Waals surface area contributed by atoms with Crippen LogP contribution in [-0.2, 0) is 11.2 Å². The summed E-state index contributed by atoms with van der Waals surface area (Å²) < 4.78 is 4.98. The van der Waals surface area contributed by atoms with Gasteiger partial charge in [0, 0.05) is 4.88 Å². The number of hydrogen-bond acceptors (Lipinski definition) is 6. The molecule has 0 saturated heterocycles. The smallest absolute Gasteiger partial charge is 0.341 e. The topological polar surface area (TPSA) is 97.0 Å². The summed E-state index contributed by atoms with van der Waals surface area (Å²) >= 11 is 1.34. The monoisotopic (exact) mass is 294 g/mol. The number of ether oxygens (including phenoxy) is 1. The Kier molecular flexibility index (Phi) is 4.46. The number of carbonyl (C=O) groups is 2. The Balaban J connectivity index is 2.23. The van der Waals surface area contributed by atoms with E-state index < -0.39 is 11.9 Å². The highest BCUT2D eigenvalue weighted by Gasteiger charge is 2.20. The van der Waals surface area contributed by atoms with Crippen molar-refractivity contribution < 1.29 is 14.3 Å². The predicted octanol–water partition coefficient (Wildman–Crippen LogP) is 1.86. The largest absolute Gasteiger partial charge is 0.462 e. The Morgan fingerprint density at radius 2 is 2.25 bits per heavy atom. The third-order valence-electron chi connectivity index (χ3n) is 2.48. The van der Waals surface area contributed by atoms with E-state index in [9.17, 15) is 9.59 Å². The third-order valence-corrected chi connectivity index (χ3v) is 3.68. The quantitative estimate of drug-likeness (QED) is 0.820. The van der Waals surface area contributed by atoms with Gasteiger partial charge in [-0.25, -0.2) is 9.78 Å². The van der Waals surface area contributed by atoms with Gasteiger partial charge in [0.25, 0.3) is 5.91 Å². The van der Waals surface area contributed by atoms with Crippen molar-refractivity contribution in [1.29, 1.82) is 0 Å². The van der Waals surface area contributed by atoms with Crippen LogP contribution in [0.15, 0.2) is 12.4 Å². The molecule has 2 aromatic rings. The lowest BCUT2D eigenvalue weighted by Gasteiger charge is -2.04. The van der Waals surface area contributed by atoms with E-state index in [-0.39, 0.29) is 12.4 Å². The summed E-state index contributed by atoms with van der Waals surface area (Å²) in [6, 6.07) is 1.73. The third kappa shape index (κ3) is 3.02. The van der Waals surface area contributed by atoms with Gasteiger partial charge in [-0.3, -0.25) is 9.89 Å². The molecule has 0 aliphatic heterocycles. The number of nitrogens with zero attached hydrogens (tertiary/aromatic N) is 2. The van der Waals surface area contributed by atoms with Gasteiger partial charge in [0.1, 0.15) is 11.3 Å². The molecule has 0 atom stereocenters. The number of anilines is 1. The second-order valence-corrected chi connectivity index (χ2v) is 4.95. The van der Waals surface area contributed by atoms with Crippen LogP contribution in [0.4, 0.5) is 5.00 Å². The van der Waals surface area contributed by atoms with Crippen LogP contribution in [0.5, 0.6) is 0 Å². The first-order valence-electron chi connectivity index (χ1n) is 6.12. The number of esters is 1. The van der Waals surface area contributed by atoms with Gasteiger partial charge in [-0.1, -0.05) is 6.92 Å². The molecule has 0 saturated carbocycles. The van der Waals surface area contributed by atoms with Gasteiger partial charge in [0.2, 0.25) is 5.82 Å². The van der Waals surface area contributed by atoms with E-state index in [1.165, 1.54) is 17.7 Å². The average Bonchev–Trinajstić information content (AvgIpc) is 3.08. The molecule has 20 heavy (non-hydrogen) atoms. The van der Waals surface area contributed by atoms with Crippen LogP contribution >= 0.6 is 11.3 Å². The molecule has 8 heteroatoms. The fraction of sp³-hybridized carbons (Fsp3) is 0.333. The lowest BCUT2D eigenvalue weighted by molar-refractivity contribution is 0.0528. The molecule has 0 aliphatic rings. The van der Waals surface area contributed by atoms with Gasteiger partial charge in [-0.05, 0) is 19.4 Å². The zero-order chi connectivity index (χ0) is 14.5.